The highest BCUT2D eigenvalue weighted by atomic mass is 32.3. The Labute approximate surface area is 143 Å². The lowest BCUT2D eigenvalue weighted by molar-refractivity contribution is 0.570. The molecule has 0 unspecified atom stereocenters. The minimum absolute atomic E-state index is 0.00315. The van der Waals surface area contributed by atoms with Crippen LogP contribution < -0.4 is 0 Å². The third kappa shape index (κ3) is 4.16. The van der Waals surface area contributed by atoms with Gasteiger partial charge in [-0.25, -0.2) is 21.8 Å². The van der Waals surface area contributed by atoms with Crippen LogP contribution in [-0.4, -0.2) is 38.3 Å². The van der Waals surface area contributed by atoms with Crippen molar-refractivity contribution < 1.29 is 16.8 Å². The fourth-order valence-corrected chi connectivity index (χ4v) is 7.63. The van der Waals surface area contributed by atoms with E-state index >= 15 is 0 Å². The van der Waals surface area contributed by atoms with E-state index in [2.05, 4.69) is 9.97 Å². The Hall–Kier alpha value is -1.41. The second-order valence-corrected chi connectivity index (χ2v) is 10.6. The SMILES string of the molecule is CCCCS(=O)(=O)C(c1nc2ccccc2[nH]1)S(=O)(=O)CCCC. The Balaban J connectivity index is 2.53. The number of sulfone groups is 2. The summed E-state index contributed by atoms with van der Waals surface area (Å²) in [6.07, 6.45) is 2.23. The molecule has 0 radical (unpaired) electrons. The molecule has 2 rings (SSSR count). The van der Waals surface area contributed by atoms with Crippen LogP contribution in [0.15, 0.2) is 24.3 Å². The van der Waals surface area contributed by atoms with Crippen molar-refractivity contribution in [2.75, 3.05) is 11.5 Å². The van der Waals surface area contributed by atoms with Gasteiger partial charge in [0.1, 0.15) is 5.82 Å². The summed E-state index contributed by atoms with van der Waals surface area (Å²) in [5, 5.41) is 0. The number of hydrogen-bond acceptors (Lipinski definition) is 5. The number of unbranched alkanes of at least 4 members (excludes halogenated alkanes) is 2. The maximum absolute atomic E-state index is 12.7. The van der Waals surface area contributed by atoms with Crippen molar-refractivity contribution in [1.82, 2.24) is 9.97 Å². The van der Waals surface area contributed by atoms with Crippen molar-refractivity contribution in [2.24, 2.45) is 0 Å². The smallest absolute Gasteiger partial charge is 0.219 e. The summed E-state index contributed by atoms with van der Waals surface area (Å²) in [6.45, 7) is 3.74. The highest BCUT2D eigenvalue weighted by Gasteiger charge is 2.40. The predicted octanol–water partition coefficient (Wildman–Crippen LogP) is 2.99. The van der Waals surface area contributed by atoms with Crippen molar-refractivity contribution in [1.29, 1.82) is 0 Å². The molecule has 2 aromatic rings. The van der Waals surface area contributed by atoms with Gasteiger partial charge in [-0.1, -0.05) is 38.8 Å². The Morgan fingerprint density at radius 2 is 1.50 bits per heavy atom. The molecule has 6 nitrogen and oxygen atoms in total. The summed E-state index contributed by atoms with van der Waals surface area (Å²) >= 11 is 0. The van der Waals surface area contributed by atoms with Gasteiger partial charge in [-0.05, 0) is 25.0 Å². The van der Waals surface area contributed by atoms with E-state index in [0.717, 1.165) is 0 Å². The molecule has 134 valence electrons. The van der Waals surface area contributed by atoms with E-state index in [1.807, 2.05) is 13.8 Å². The van der Waals surface area contributed by atoms with Crippen molar-refractivity contribution >= 4 is 30.7 Å². The minimum Gasteiger partial charge on any atom is -0.340 e. The molecule has 0 fully saturated rings. The van der Waals surface area contributed by atoms with Gasteiger partial charge in [0.05, 0.1) is 22.5 Å². The fraction of sp³-hybridized carbons (Fsp3) is 0.562. The molecule has 1 aromatic heterocycles. The third-order valence-corrected chi connectivity index (χ3v) is 9.07. The second-order valence-electron chi connectivity index (χ2n) is 5.91. The van der Waals surface area contributed by atoms with Gasteiger partial charge in [-0.3, -0.25) is 0 Å². The molecule has 1 N–H and O–H groups in total. The first-order chi connectivity index (χ1) is 11.3. The van der Waals surface area contributed by atoms with Crippen LogP contribution >= 0.6 is 0 Å². The van der Waals surface area contributed by atoms with Crippen LogP contribution in [0.25, 0.3) is 11.0 Å². The van der Waals surface area contributed by atoms with Crippen LogP contribution in [0.2, 0.25) is 0 Å². The van der Waals surface area contributed by atoms with Crippen molar-refractivity contribution in [3.63, 3.8) is 0 Å². The molecule has 0 atom stereocenters. The van der Waals surface area contributed by atoms with Gasteiger partial charge in [0.2, 0.25) is 4.58 Å². The van der Waals surface area contributed by atoms with Gasteiger partial charge in [0.25, 0.3) is 0 Å². The van der Waals surface area contributed by atoms with Gasteiger partial charge in [-0.15, -0.1) is 0 Å². The van der Waals surface area contributed by atoms with Crippen LogP contribution in [0.4, 0.5) is 0 Å². The number of imidazole rings is 1. The molecule has 1 heterocycles. The molecule has 0 amide bonds. The van der Waals surface area contributed by atoms with Crippen LogP contribution in [0.1, 0.15) is 49.9 Å². The van der Waals surface area contributed by atoms with Crippen LogP contribution in [0.3, 0.4) is 0 Å². The third-order valence-electron chi connectivity index (χ3n) is 3.85. The first-order valence-electron chi connectivity index (χ1n) is 8.19. The predicted molar refractivity (Wildman–Crippen MR) is 96.2 cm³/mol. The number of aromatic nitrogens is 2. The highest BCUT2D eigenvalue weighted by molar-refractivity contribution is 8.08. The highest BCUT2D eigenvalue weighted by Crippen LogP contribution is 2.30. The molecular formula is C16H24N2O4S2. The topological polar surface area (TPSA) is 97.0 Å². The number of nitrogens with one attached hydrogen (secondary N) is 1. The average molecular weight is 373 g/mol. The van der Waals surface area contributed by atoms with Crippen LogP contribution in [0, 0.1) is 0 Å². The van der Waals surface area contributed by atoms with Gasteiger partial charge in [-0.2, -0.15) is 0 Å². The van der Waals surface area contributed by atoms with Crippen molar-refractivity contribution in [3.8, 4) is 0 Å². The van der Waals surface area contributed by atoms with E-state index in [0.29, 0.717) is 36.7 Å². The Kier molecular flexibility index (Phi) is 6.03. The first kappa shape index (κ1) is 18.9. The molecule has 0 aliphatic heterocycles. The molecule has 0 saturated heterocycles. The normalized spacial score (nSPS) is 13.0. The number of para-hydroxylation sites is 2. The number of fused-ring (bicyclic) bond motifs is 1. The lowest BCUT2D eigenvalue weighted by Crippen LogP contribution is -2.28. The zero-order chi connectivity index (χ0) is 17.8. The minimum atomic E-state index is -3.86. The number of rotatable bonds is 9. The van der Waals surface area contributed by atoms with Crippen molar-refractivity contribution in [3.05, 3.63) is 30.1 Å². The number of hydrogen-bond donors (Lipinski definition) is 1. The summed E-state index contributed by atoms with van der Waals surface area (Å²) in [5.41, 5.74) is 1.20. The zero-order valence-electron chi connectivity index (χ0n) is 14.0. The van der Waals surface area contributed by atoms with Gasteiger partial charge >= 0.3 is 0 Å². The van der Waals surface area contributed by atoms with E-state index in [-0.39, 0.29) is 17.3 Å². The molecule has 8 heteroatoms. The number of nitrogens with zero attached hydrogens (tertiary/aromatic N) is 1. The van der Waals surface area contributed by atoms with Crippen LogP contribution in [0.5, 0.6) is 0 Å². The largest absolute Gasteiger partial charge is 0.340 e. The molecular weight excluding hydrogens is 348 g/mol. The number of aromatic amines is 1. The second kappa shape index (κ2) is 7.65. The lowest BCUT2D eigenvalue weighted by atomic mass is 10.3. The first-order valence-corrected chi connectivity index (χ1v) is 11.6. The quantitative estimate of drug-likeness (QED) is 0.730. The molecule has 24 heavy (non-hydrogen) atoms. The van der Waals surface area contributed by atoms with Gasteiger partial charge < -0.3 is 4.98 Å². The maximum atomic E-state index is 12.7. The summed E-state index contributed by atoms with van der Waals surface area (Å²) in [6, 6.07) is 7.04. The van der Waals surface area contributed by atoms with Gasteiger partial charge in [0, 0.05) is 0 Å². The maximum Gasteiger partial charge on any atom is 0.219 e. The van der Waals surface area contributed by atoms with Crippen LogP contribution in [-0.2, 0) is 19.7 Å². The summed E-state index contributed by atoms with van der Waals surface area (Å²) < 4.78 is 49.3. The lowest BCUT2D eigenvalue weighted by Gasteiger charge is -2.16. The van der Waals surface area contributed by atoms with E-state index in [1.165, 1.54) is 0 Å². The van der Waals surface area contributed by atoms with E-state index < -0.39 is 24.3 Å². The van der Waals surface area contributed by atoms with E-state index in [4.69, 9.17) is 0 Å². The molecule has 0 bridgehead atoms. The monoisotopic (exact) mass is 372 g/mol. The molecule has 1 aromatic carbocycles. The molecule has 0 spiro atoms. The Morgan fingerprint density at radius 1 is 0.958 bits per heavy atom. The average Bonchev–Trinajstić information content (AvgIpc) is 2.93. The fourth-order valence-electron chi connectivity index (χ4n) is 2.55. The standard InChI is InChI=1S/C16H24N2O4S2/c1-3-5-11-23(19,20)16(24(21,22)12-6-4-2)15-17-13-9-7-8-10-14(13)18-15/h7-10,16H,3-6,11-12H2,1-2H3,(H,17,18). The van der Waals surface area contributed by atoms with E-state index in [9.17, 15) is 16.8 Å². The number of H-pyrrole nitrogens is 1. The van der Waals surface area contributed by atoms with E-state index in [1.54, 1.807) is 24.3 Å². The Morgan fingerprint density at radius 3 is 2.00 bits per heavy atom. The number of benzene rings is 1. The molecule has 0 aliphatic rings. The summed E-state index contributed by atoms with van der Waals surface area (Å²) in [4.78, 5) is 7.14. The zero-order valence-corrected chi connectivity index (χ0v) is 15.7. The Bertz CT molecular complexity index is 815. The summed E-state index contributed by atoms with van der Waals surface area (Å²) in [7, 11) is -7.71. The molecule has 0 aliphatic carbocycles. The molecule has 0 saturated carbocycles. The van der Waals surface area contributed by atoms with Gasteiger partial charge in [0.15, 0.2) is 19.7 Å². The summed E-state index contributed by atoms with van der Waals surface area (Å²) in [5.74, 6) is -0.309. The van der Waals surface area contributed by atoms with Crippen molar-refractivity contribution in [2.45, 2.75) is 44.1 Å².